The number of methoxy groups -OCH3 is 1. The lowest BCUT2D eigenvalue weighted by Crippen LogP contribution is -2.47. The lowest BCUT2D eigenvalue weighted by atomic mass is 10.3. The second-order valence-electron chi connectivity index (χ2n) is 3.31. The summed E-state index contributed by atoms with van der Waals surface area (Å²) in [4.78, 5) is 13.6. The van der Waals surface area contributed by atoms with Crippen molar-refractivity contribution in [2.45, 2.75) is 6.04 Å². The molecule has 0 aromatic carbocycles. The van der Waals surface area contributed by atoms with Crippen LogP contribution in [0.5, 0.6) is 0 Å². The van der Waals surface area contributed by atoms with E-state index in [1.807, 2.05) is 0 Å². The van der Waals surface area contributed by atoms with Gasteiger partial charge in [0.15, 0.2) is 0 Å². The normalized spacial score (nSPS) is 20.5. The van der Waals surface area contributed by atoms with Gasteiger partial charge in [0.05, 0.1) is 19.3 Å². The number of carbonyl (C=O) groups is 1. The van der Waals surface area contributed by atoms with Crippen molar-refractivity contribution in [2.24, 2.45) is 0 Å². The van der Waals surface area contributed by atoms with Crippen LogP contribution in [0.15, 0.2) is 0 Å². The van der Waals surface area contributed by atoms with Crippen LogP contribution in [-0.4, -0.2) is 67.0 Å². The molecule has 0 radical (unpaired) electrons. The highest BCUT2D eigenvalue weighted by Crippen LogP contribution is 2.11. The van der Waals surface area contributed by atoms with Crippen molar-refractivity contribution in [2.75, 3.05) is 45.0 Å². The van der Waals surface area contributed by atoms with Crippen molar-refractivity contribution in [1.29, 1.82) is 0 Å². The van der Waals surface area contributed by atoms with Gasteiger partial charge < -0.3 is 14.7 Å². The van der Waals surface area contributed by atoms with E-state index in [2.05, 4.69) is 5.32 Å². The summed E-state index contributed by atoms with van der Waals surface area (Å²) in [6.45, 7) is 1.42. The average Bonchev–Trinajstić information content (AvgIpc) is 2.76. The van der Waals surface area contributed by atoms with E-state index < -0.39 is 0 Å². The number of nitrogens with zero attached hydrogens (tertiary/aromatic N) is 1. The Morgan fingerprint density at radius 1 is 1.67 bits per heavy atom. The zero-order valence-corrected chi connectivity index (χ0v) is 9.76. The summed E-state index contributed by atoms with van der Waals surface area (Å²) in [6, 6.07) is -0.0987. The standard InChI is InChI=1S/C9H18N2O3S/c1-14-5-3-11(2-4-12)9(13)8-6-15-7-10-8/h8,10,12H,2-7H2,1H3. The van der Waals surface area contributed by atoms with Crippen molar-refractivity contribution in [3.8, 4) is 0 Å². The van der Waals surface area contributed by atoms with E-state index >= 15 is 0 Å². The van der Waals surface area contributed by atoms with Crippen LogP contribution in [0.4, 0.5) is 0 Å². The first-order valence-corrected chi connectivity index (χ1v) is 6.14. The monoisotopic (exact) mass is 234 g/mol. The summed E-state index contributed by atoms with van der Waals surface area (Å²) >= 11 is 1.72. The lowest BCUT2D eigenvalue weighted by molar-refractivity contribution is -0.133. The molecule has 1 rings (SSSR count). The fourth-order valence-electron chi connectivity index (χ4n) is 1.43. The number of amides is 1. The predicted molar refractivity (Wildman–Crippen MR) is 59.8 cm³/mol. The highest BCUT2D eigenvalue weighted by molar-refractivity contribution is 7.99. The minimum Gasteiger partial charge on any atom is -0.395 e. The first-order chi connectivity index (χ1) is 7.29. The van der Waals surface area contributed by atoms with Gasteiger partial charge in [0.2, 0.25) is 5.91 Å². The Morgan fingerprint density at radius 3 is 3.00 bits per heavy atom. The molecule has 0 spiro atoms. The largest absolute Gasteiger partial charge is 0.395 e. The molecule has 2 N–H and O–H groups in total. The highest BCUT2D eigenvalue weighted by Gasteiger charge is 2.26. The molecule has 1 unspecified atom stereocenters. The van der Waals surface area contributed by atoms with Gasteiger partial charge >= 0.3 is 0 Å². The Bertz CT molecular complexity index is 198. The second kappa shape index (κ2) is 7.05. The summed E-state index contributed by atoms with van der Waals surface area (Å²) in [6.07, 6.45) is 0. The van der Waals surface area contributed by atoms with Gasteiger partial charge in [0.1, 0.15) is 0 Å². The Labute approximate surface area is 94.2 Å². The van der Waals surface area contributed by atoms with Crippen LogP contribution in [-0.2, 0) is 9.53 Å². The van der Waals surface area contributed by atoms with Gasteiger partial charge in [-0.05, 0) is 0 Å². The van der Waals surface area contributed by atoms with E-state index in [0.717, 1.165) is 11.6 Å². The minimum atomic E-state index is -0.0987. The molecular formula is C9H18N2O3S. The first-order valence-electron chi connectivity index (χ1n) is 4.99. The van der Waals surface area contributed by atoms with E-state index in [1.165, 1.54) is 0 Å². The molecule has 1 atom stereocenters. The average molecular weight is 234 g/mol. The van der Waals surface area contributed by atoms with Crippen LogP contribution >= 0.6 is 11.8 Å². The van der Waals surface area contributed by atoms with Crippen molar-refractivity contribution in [3.05, 3.63) is 0 Å². The lowest BCUT2D eigenvalue weighted by Gasteiger charge is -2.24. The number of thioether (sulfide) groups is 1. The van der Waals surface area contributed by atoms with E-state index in [0.29, 0.717) is 19.7 Å². The molecule has 1 aliphatic rings. The van der Waals surface area contributed by atoms with Gasteiger partial charge in [-0.25, -0.2) is 0 Å². The molecule has 1 aliphatic heterocycles. The quantitative estimate of drug-likeness (QED) is 0.625. The number of aliphatic hydroxyl groups is 1. The number of rotatable bonds is 6. The highest BCUT2D eigenvalue weighted by atomic mass is 32.2. The summed E-state index contributed by atoms with van der Waals surface area (Å²) in [5, 5.41) is 12.0. The van der Waals surface area contributed by atoms with Crippen molar-refractivity contribution in [1.82, 2.24) is 10.2 Å². The first kappa shape index (κ1) is 12.8. The number of aliphatic hydroxyl groups excluding tert-OH is 1. The molecule has 0 aromatic heterocycles. The van der Waals surface area contributed by atoms with Crippen molar-refractivity contribution >= 4 is 17.7 Å². The van der Waals surface area contributed by atoms with Gasteiger partial charge in [-0.3, -0.25) is 10.1 Å². The second-order valence-corrected chi connectivity index (χ2v) is 4.34. The van der Waals surface area contributed by atoms with Gasteiger partial charge in [-0.1, -0.05) is 0 Å². The van der Waals surface area contributed by atoms with Crippen LogP contribution in [0.1, 0.15) is 0 Å². The molecule has 0 saturated carbocycles. The smallest absolute Gasteiger partial charge is 0.240 e. The molecule has 1 heterocycles. The topological polar surface area (TPSA) is 61.8 Å². The van der Waals surface area contributed by atoms with Gasteiger partial charge in [0, 0.05) is 31.8 Å². The molecule has 88 valence electrons. The molecule has 1 fully saturated rings. The summed E-state index contributed by atoms with van der Waals surface area (Å²) < 4.78 is 4.93. The summed E-state index contributed by atoms with van der Waals surface area (Å²) in [5.74, 6) is 1.70. The third-order valence-corrected chi connectivity index (χ3v) is 3.20. The molecule has 1 saturated heterocycles. The van der Waals surface area contributed by atoms with Crippen LogP contribution in [0.2, 0.25) is 0 Å². The minimum absolute atomic E-state index is 0.00465. The zero-order valence-electron chi connectivity index (χ0n) is 8.94. The third kappa shape index (κ3) is 3.98. The number of ether oxygens (including phenoxy) is 1. The predicted octanol–water partition coefficient (Wildman–Crippen LogP) is -0.884. The molecule has 15 heavy (non-hydrogen) atoms. The van der Waals surface area contributed by atoms with Gasteiger partial charge in [0.25, 0.3) is 0 Å². The zero-order chi connectivity index (χ0) is 11.1. The number of hydrogen-bond donors (Lipinski definition) is 2. The maximum atomic E-state index is 11.9. The van der Waals surface area contributed by atoms with Crippen LogP contribution in [0.25, 0.3) is 0 Å². The molecule has 1 amide bonds. The molecule has 0 aliphatic carbocycles. The SMILES string of the molecule is COCCN(CCO)C(=O)C1CSCN1. The molecule has 0 aromatic rings. The Hall–Kier alpha value is -0.300. The third-order valence-electron chi connectivity index (χ3n) is 2.26. The summed E-state index contributed by atoms with van der Waals surface area (Å²) in [7, 11) is 1.60. The molecule has 6 heteroatoms. The Morgan fingerprint density at radius 2 is 2.47 bits per heavy atom. The summed E-state index contributed by atoms with van der Waals surface area (Å²) in [5.41, 5.74) is 0. The Balaban J connectivity index is 2.41. The van der Waals surface area contributed by atoms with E-state index in [9.17, 15) is 4.79 Å². The molecule has 5 nitrogen and oxygen atoms in total. The van der Waals surface area contributed by atoms with E-state index in [1.54, 1.807) is 23.8 Å². The Kier molecular flexibility index (Phi) is 6.00. The maximum absolute atomic E-state index is 11.9. The van der Waals surface area contributed by atoms with Crippen LogP contribution in [0, 0.1) is 0 Å². The number of nitrogens with one attached hydrogen (secondary N) is 1. The van der Waals surface area contributed by atoms with Crippen molar-refractivity contribution < 1.29 is 14.6 Å². The fourth-order valence-corrected chi connectivity index (χ4v) is 2.36. The van der Waals surface area contributed by atoms with Crippen LogP contribution < -0.4 is 5.32 Å². The number of hydrogen-bond acceptors (Lipinski definition) is 5. The molecular weight excluding hydrogens is 216 g/mol. The van der Waals surface area contributed by atoms with Gasteiger partial charge in [-0.15, -0.1) is 11.8 Å². The fraction of sp³-hybridized carbons (Fsp3) is 0.889. The molecule has 0 bridgehead atoms. The number of carbonyl (C=O) groups excluding carboxylic acids is 1. The van der Waals surface area contributed by atoms with Crippen molar-refractivity contribution in [3.63, 3.8) is 0 Å². The van der Waals surface area contributed by atoms with Crippen LogP contribution in [0.3, 0.4) is 0 Å². The van der Waals surface area contributed by atoms with E-state index in [4.69, 9.17) is 9.84 Å². The van der Waals surface area contributed by atoms with Gasteiger partial charge in [-0.2, -0.15) is 0 Å². The van der Waals surface area contributed by atoms with E-state index in [-0.39, 0.29) is 18.6 Å². The maximum Gasteiger partial charge on any atom is 0.240 e.